The second-order valence-electron chi connectivity index (χ2n) is 3.30. The first-order valence-corrected chi connectivity index (χ1v) is 5.90. The predicted molar refractivity (Wildman–Crippen MR) is 72.5 cm³/mol. The maximum absolute atomic E-state index is 6.07. The van der Waals surface area contributed by atoms with Crippen LogP contribution in [0, 0.1) is 0 Å². The molecule has 0 bridgehead atoms. The van der Waals surface area contributed by atoms with Crippen LogP contribution in [0.25, 0.3) is 0 Å². The van der Waals surface area contributed by atoms with Crippen molar-refractivity contribution in [2.75, 3.05) is 0 Å². The largest absolute Gasteiger partial charge is 0.266 e. The molecule has 0 radical (unpaired) electrons. The molecule has 0 amide bonds. The lowest BCUT2D eigenvalue weighted by Crippen LogP contribution is -2.01. The fraction of sp³-hybridized carbons (Fsp3) is 0.0909. The van der Waals surface area contributed by atoms with Gasteiger partial charge in [-0.3, -0.25) is 4.68 Å². The van der Waals surface area contributed by atoms with Crippen LogP contribution in [0.1, 0.15) is 5.56 Å². The smallest absolute Gasteiger partial charge is 0.112 e. The summed E-state index contributed by atoms with van der Waals surface area (Å²) in [6.45, 7) is 0.492. The van der Waals surface area contributed by atoms with Crippen molar-refractivity contribution in [3.63, 3.8) is 0 Å². The Bertz CT molecular complexity index is 568. The minimum Gasteiger partial charge on any atom is -0.266 e. The molecule has 2 rings (SSSR count). The van der Waals surface area contributed by atoms with Crippen molar-refractivity contribution in [3.8, 4) is 0 Å². The molecule has 2 aromatic rings. The van der Waals surface area contributed by atoms with Gasteiger partial charge in [-0.1, -0.05) is 29.3 Å². The molecule has 0 saturated carbocycles. The maximum atomic E-state index is 6.07. The van der Waals surface area contributed by atoms with E-state index in [-0.39, 0.29) is 0 Å². The highest BCUT2D eigenvalue weighted by Crippen LogP contribution is 2.25. The number of isothiocyanates is 1. The number of thiocarbonyl (C=S) groups is 1. The van der Waals surface area contributed by atoms with E-state index in [9.17, 15) is 0 Å². The topological polar surface area (TPSA) is 30.2 Å². The first kappa shape index (κ1) is 12.3. The molecule has 0 aliphatic rings. The SMILES string of the molecule is S=C=Nc1cnn(Cc2c(Cl)cccc2Cl)c1. The van der Waals surface area contributed by atoms with Crippen molar-refractivity contribution in [2.45, 2.75) is 6.54 Å². The van der Waals surface area contributed by atoms with Gasteiger partial charge in [0.2, 0.25) is 0 Å². The first-order valence-electron chi connectivity index (χ1n) is 4.74. The highest BCUT2D eigenvalue weighted by molar-refractivity contribution is 7.78. The fourth-order valence-electron chi connectivity index (χ4n) is 1.39. The predicted octanol–water partition coefficient (Wildman–Crippen LogP) is 3.97. The van der Waals surface area contributed by atoms with Gasteiger partial charge in [0, 0.05) is 15.6 Å². The molecule has 0 N–H and O–H groups in total. The number of benzene rings is 1. The van der Waals surface area contributed by atoms with Crippen molar-refractivity contribution >= 4 is 46.3 Å². The number of rotatable bonds is 3. The summed E-state index contributed by atoms with van der Waals surface area (Å²) in [5.41, 5.74) is 1.49. The summed E-state index contributed by atoms with van der Waals surface area (Å²) in [6.07, 6.45) is 3.35. The standard InChI is InChI=1S/C11H7Cl2N3S/c12-10-2-1-3-11(13)9(10)6-16-5-8(4-15-16)14-7-17/h1-5H,6H2. The van der Waals surface area contributed by atoms with E-state index in [1.54, 1.807) is 35.3 Å². The van der Waals surface area contributed by atoms with Gasteiger partial charge in [0.15, 0.2) is 0 Å². The molecule has 1 heterocycles. The Balaban J connectivity index is 2.28. The monoisotopic (exact) mass is 283 g/mol. The summed E-state index contributed by atoms with van der Waals surface area (Å²) >= 11 is 16.7. The van der Waals surface area contributed by atoms with Gasteiger partial charge in [0.05, 0.1) is 24.1 Å². The van der Waals surface area contributed by atoms with Crippen LogP contribution in [0.15, 0.2) is 35.6 Å². The summed E-state index contributed by atoms with van der Waals surface area (Å²) in [5, 5.41) is 7.66. The van der Waals surface area contributed by atoms with Gasteiger partial charge in [0.1, 0.15) is 5.69 Å². The van der Waals surface area contributed by atoms with Gasteiger partial charge >= 0.3 is 0 Å². The molecule has 86 valence electrons. The lowest BCUT2D eigenvalue weighted by atomic mass is 10.2. The van der Waals surface area contributed by atoms with E-state index in [0.717, 1.165) is 5.56 Å². The average molecular weight is 284 g/mol. The third-order valence-corrected chi connectivity index (χ3v) is 2.98. The molecule has 0 aliphatic carbocycles. The van der Waals surface area contributed by atoms with Gasteiger partial charge in [-0.05, 0) is 24.4 Å². The van der Waals surface area contributed by atoms with Gasteiger partial charge in [-0.25, -0.2) is 0 Å². The molecule has 17 heavy (non-hydrogen) atoms. The van der Waals surface area contributed by atoms with Gasteiger partial charge in [0.25, 0.3) is 0 Å². The summed E-state index contributed by atoms with van der Waals surface area (Å²) < 4.78 is 1.69. The molecule has 0 atom stereocenters. The van der Waals surface area contributed by atoms with Crippen LogP contribution in [-0.4, -0.2) is 14.9 Å². The molecule has 0 saturated heterocycles. The zero-order chi connectivity index (χ0) is 12.3. The molecule has 0 spiro atoms. The molecule has 3 nitrogen and oxygen atoms in total. The van der Waals surface area contributed by atoms with Crippen LogP contribution < -0.4 is 0 Å². The number of nitrogens with zero attached hydrogens (tertiary/aromatic N) is 3. The van der Waals surface area contributed by atoms with Crippen molar-refractivity contribution in [3.05, 3.63) is 46.2 Å². The molecular weight excluding hydrogens is 277 g/mol. The minimum atomic E-state index is 0.492. The average Bonchev–Trinajstić information content (AvgIpc) is 2.72. The van der Waals surface area contributed by atoms with E-state index in [2.05, 4.69) is 27.5 Å². The van der Waals surface area contributed by atoms with E-state index in [1.165, 1.54) is 0 Å². The second-order valence-corrected chi connectivity index (χ2v) is 4.30. The van der Waals surface area contributed by atoms with Gasteiger partial charge < -0.3 is 0 Å². The molecule has 6 heteroatoms. The third kappa shape index (κ3) is 2.93. The zero-order valence-electron chi connectivity index (χ0n) is 8.60. The summed E-state index contributed by atoms with van der Waals surface area (Å²) in [7, 11) is 0. The highest BCUT2D eigenvalue weighted by Gasteiger charge is 2.06. The molecule has 0 fully saturated rings. The van der Waals surface area contributed by atoms with Crippen LogP contribution in [-0.2, 0) is 6.54 Å². The molecule has 0 aliphatic heterocycles. The Labute approximate surface area is 114 Å². The van der Waals surface area contributed by atoms with Crippen LogP contribution in [0.3, 0.4) is 0 Å². The van der Waals surface area contributed by atoms with Crippen LogP contribution in [0.2, 0.25) is 10.0 Å². The third-order valence-electron chi connectivity index (χ3n) is 2.18. The Hall–Kier alpha value is -1.19. The number of hydrogen-bond donors (Lipinski definition) is 0. The van der Waals surface area contributed by atoms with E-state index in [1.807, 2.05) is 0 Å². The highest BCUT2D eigenvalue weighted by atomic mass is 35.5. The van der Waals surface area contributed by atoms with E-state index in [0.29, 0.717) is 22.3 Å². The lowest BCUT2D eigenvalue weighted by molar-refractivity contribution is 0.687. The molecule has 1 aromatic carbocycles. The zero-order valence-corrected chi connectivity index (χ0v) is 10.9. The van der Waals surface area contributed by atoms with E-state index >= 15 is 0 Å². The number of hydrogen-bond acceptors (Lipinski definition) is 3. The Morgan fingerprint density at radius 2 is 2.06 bits per heavy atom. The molecule has 1 aromatic heterocycles. The fourth-order valence-corrected chi connectivity index (χ4v) is 2.02. The first-order chi connectivity index (χ1) is 8.20. The minimum absolute atomic E-state index is 0.492. The second kappa shape index (κ2) is 5.43. The quantitative estimate of drug-likeness (QED) is 0.630. The van der Waals surface area contributed by atoms with Crippen LogP contribution in [0.4, 0.5) is 5.69 Å². The maximum Gasteiger partial charge on any atom is 0.112 e. The van der Waals surface area contributed by atoms with Gasteiger partial charge in [-0.15, -0.1) is 0 Å². The molecular formula is C11H7Cl2N3S. The van der Waals surface area contributed by atoms with Crippen molar-refractivity contribution in [1.82, 2.24) is 9.78 Å². The van der Waals surface area contributed by atoms with Crippen molar-refractivity contribution in [2.24, 2.45) is 4.99 Å². The van der Waals surface area contributed by atoms with Crippen LogP contribution >= 0.6 is 35.4 Å². The number of aliphatic imine (C=N–C) groups is 1. The van der Waals surface area contributed by atoms with Crippen molar-refractivity contribution in [1.29, 1.82) is 0 Å². The summed E-state index contributed by atoms with van der Waals surface area (Å²) in [6, 6.07) is 5.39. The van der Waals surface area contributed by atoms with Gasteiger partial charge in [-0.2, -0.15) is 10.1 Å². The normalized spacial score (nSPS) is 10.0. The molecule has 0 unspecified atom stereocenters. The Morgan fingerprint density at radius 3 is 2.71 bits per heavy atom. The summed E-state index contributed by atoms with van der Waals surface area (Å²) in [5.74, 6) is 0. The van der Waals surface area contributed by atoms with Crippen molar-refractivity contribution < 1.29 is 0 Å². The number of halogens is 2. The number of aromatic nitrogens is 2. The van der Waals surface area contributed by atoms with Crippen LogP contribution in [0.5, 0.6) is 0 Å². The Kier molecular flexibility index (Phi) is 3.92. The summed E-state index contributed by atoms with van der Waals surface area (Å²) in [4.78, 5) is 3.83. The lowest BCUT2D eigenvalue weighted by Gasteiger charge is -2.06. The Morgan fingerprint density at radius 1 is 1.35 bits per heavy atom. The van der Waals surface area contributed by atoms with E-state index in [4.69, 9.17) is 23.2 Å². The van der Waals surface area contributed by atoms with E-state index < -0.39 is 0 Å².